The predicted molar refractivity (Wildman–Crippen MR) is 65.4 cm³/mol. The predicted octanol–water partition coefficient (Wildman–Crippen LogP) is 2.56. The van der Waals surface area contributed by atoms with E-state index in [0.29, 0.717) is 6.54 Å². The Morgan fingerprint density at radius 3 is 2.62 bits per heavy atom. The van der Waals surface area contributed by atoms with Gasteiger partial charge in [0.1, 0.15) is 0 Å². The van der Waals surface area contributed by atoms with Gasteiger partial charge in [0.15, 0.2) is 5.78 Å². The first-order valence-corrected chi connectivity index (χ1v) is 5.43. The van der Waals surface area contributed by atoms with Crippen molar-refractivity contribution in [1.82, 2.24) is 4.90 Å². The van der Waals surface area contributed by atoms with Gasteiger partial charge in [0, 0.05) is 12.1 Å². The number of allylic oxidation sites excluding steroid dienone is 2. The van der Waals surface area contributed by atoms with Crippen molar-refractivity contribution in [2.24, 2.45) is 0 Å². The van der Waals surface area contributed by atoms with E-state index < -0.39 is 0 Å². The highest BCUT2D eigenvalue weighted by Gasteiger charge is 2.09. The van der Waals surface area contributed by atoms with Crippen molar-refractivity contribution in [3.8, 4) is 0 Å². The molecule has 0 spiro atoms. The number of Topliss-reactive ketones (excluding diaryl/α,β-unsaturated/α-hetero) is 1. The smallest absolute Gasteiger partial charge is 0.182 e. The fourth-order valence-electron chi connectivity index (χ4n) is 1.64. The minimum atomic E-state index is 0.167. The van der Waals surface area contributed by atoms with E-state index in [1.165, 1.54) is 5.56 Å². The summed E-state index contributed by atoms with van der Waals surface area (Å²) in [5.41, 5.74) is 1.96. The fraction of sp³-hybridized carbons (Fsp3) is 0.214. The van der Waals surface area contributed by atoms with E-state index in [4.69, 9.17) is 0 Å². The molecule has 2 heteroatoms. The van der Waals surface area contributed by atoms with Gasteiger partial charge >= 0.3 is 0 Å². The van der Waals surface area contributed by atoms with Crippen LogP contribution < -0.4 is 0 Å². The second kappa shape index (κ2) is 4.79. The minimum absolute atomic E-state index is 0.167. The van der Waals surface area contributed by atoms with Crippen LogP contribution in [0.1, 0.15) is 15.9 Å². The van der Waals surface area contributed by atoms with Crippen LogP contribution in [0.15, 0.2) is 48.7 Å². The molecule has 0 saturated carbocycles. The SMILES string of the molecule is Cc1ccc(C(=O)CN2C=CC=CC2)cc1. The van der Waals surface area contributed by atoms with Gasteiger partial charge in [-0.3, -0.25) is 4.79 Å². The number of aryl methyl sites for hydroxylation is 1. The second-order valence-electron chi connectivity index (χ2n) is 3.99. The normalized spacial score (nSPS) is 14.2. The Labute approximate surface area is 95.9 Å². The summed E-state index contributed by atoms with van der Waals surface area (Å²) in [5.74, 6) is 0.167. The number of benzene rings is 1. The highest BCUT2D eigenvalue weighted by atomic mass is 16.1. The Hall–Kier alpha value is -1.83. The first-order valence-electron chi connectivity index (χ1n) is 5.43. The van der Waals surface area contributed by atoms with Crippen molar-refractivity contribution in [3.63, 3.8) is 0 Å². The molecule has 1 aromatic rings. The van der Waals surface area contributed by atoms with Crippen LogP contribution in [0, 0.1) is 6.92 Å². The first-order chi connectivity index (χ1) is 7.75. The van der Waals surface area contributed by atoms with Crippen molar-refractivity contribution < 1.29 is 4.79 Å². The van der Waals surface area contributed by atoms with Gasteiger partial charge in [0.05, 0.1) is 6.54 Å². The first kappa shape index (κ1) is 10.7. The summed E-state index contributed by atoms with van der Waals surface area (Å²) in [5, 5.41) is 0. The summed E-state index contributed by atoms with van der Waals surface area (Å²) in [7, 11) is 0. The molecule has 0 unspecified atom stereocenters. The molecule has 0 aliphatic carbocycles. The molecule has 0 radical (unpaired) electrons. The standard InChI is InChI=1S/C14H15NO/c1-12-5-7-13(8-6-12)14(16)11-15-9-3-2-4-10-15/h2-9H,10-11H2,1H3. The van der Waals surface area contributed by atoms with Gasteiger partial charge in [-0.05, 0) is 19.2 Å². The molecule has 1 heterocycles. The number of hydrogen-bond acceptors (Lipinski definition) is 2. The molecule has 0 atom stereocenters. The zero-order chi connectivity index (χ0) is 11.4. The van der Waals surface area contributed by atoms with E-state index in [0.717, 1.165) is 12.1 Å². The van der Waals surface area contributed by atoms with Crippen LogP contribution in [0.4, 0.5) is 0 Å². The average Bonchev–Trinajstić information content (AvgIpc) is 2.31. The van der Waals surface area contributed by atoms with E-state index >= 15 is 0 Å². The van der Waals surface area contributed by atoms with Gasteiger partial charge in [-0.25, -0.2) is 0 Å². The summed E-state index contributed by atoms with van der Waals surface area (Å²) < 4.78 is 0. The highest BCUT2D eigenvalue weighted by molar-refractivity contribution is 5.97. The minimum Gasteiger partial charge on any atom is -0.366 e. The Morgan fingerprint density at radius 1 is 1.25 bits per heavy atom. The lowest BCUT2D eigenvalue weighted by atomic mass is 10.1. The van der Waals surface area contributed by atoms with Crippen LogP contribution in [-0.2, 0) is 0 Å². The molecule has 0 aromatic heterocycles. The van der Waals surface area contributed by atoms with E-state index in [2.05, 4.69) is 0 Å². The van der Waals surface area contributed by atoms with Crippen molar-refractivity contribution in [2.45, 2.75) is 6.92 Å². The Kier molecular flexibility index (Phi) is 3.20. The lowest BCUT2D eigenvalue weighted by Gasteiger charge is -2.19. The molecule has 1 aliphatic rings. The summed E-state index contributed by atoms with van der Waals surface area (Å²) >= 11 is 0. The molecule has 1 aliphatic heterocycles. The van der Waals surface area contributed by atoms with Crippen LogP contribution in [0.3, 0.4) is 0 Å². The maximum Gasteiger partial charge on any atom is 0.182 e. The molecule has 2 rings (SSSR count). The van der Waals surface area contributed by atoms with E-state index in [-0.39, 0.29) is 5.78 Å². The number of rotatable bonds is 3. The second-order valence-corrected chi connectivity index (χ2v) is 3.99. The molecule has 82 valence electrons. The zero-order valence-electron chi connectivity index (χ0n) is 9.39. The van der Waals surface area contributed by atoms with Crippen molar-refractivity contribution in [3.05, 3.63) is 59.8 Å². The third-order valence-electron chi connectivity index (χ3n) is 2.60. The van der Waals surface area contributed by atoms with E-state index in [1.54, 1.807) is 0 Å². The number of hydrogen-bond donors (Lipinski definition) is 0. The van der Waals surface area contributed by atoms with Crippen molar-refractivity contribution in [2.75, 3.05) is 13.1 Å². The summed E-state index contributed by atoms with van der Waals surface area (Å²) in [6, 6.07) is 7.72. The molecule has 0 bridgehead atoms. The summed E-state index contributed by atoms with van der Waals surface area (Å²) in [6.07, 6.45) is 7.94. The third kappa shape index (κ3) is 2.60. The molecule has 0 fully saturated rings. The quantitative estimate of drug-likeness (QED) is 0.719. The number of ketones is 1. The van der Waals surface area contributed by atoms with Gasteiger partial charge in [0.25, 0.3) is 0 Å². The highest BCUT2D eigenvalue weighted by Crippen LogP contribution is 2.06. The van der Waals surface area contributed by atoms with Gasteiger partial charge in [-0.15, -0.1) is 0 Å². The largest absolute Gasteiger partial charge is 0.366 e. The van der Waals surface area contributed by atoms with Gasteiger partial charge in [-0.1, -0.05) is 42.0 Å². The lowest BCUT2D eigenvalue weighted by Crippen LogP contribution is -2.26. The number of carbonyl (C=O) groups excluding carboxylic acids is 1. The van der Waals surface area contributed by atoms with Crippen LogP contribution in [0.25, 0.3) is 0 Å². The van der Waals surface area contributed by atoms with E-state index in [1.807, 2.05) is 60.5 Å². The monoisotopic (exact) mass is 213 g/mol. The summed E-state index contributed by atoms with van der Waals surface area (Å²) in [4.78, 5) is 13.9. The maximum absolute atomic E-state index is 11.9. The lowest BCUT2D eigenvalue weighted by molar-refractivity contribution is 0.0959. The fourth-order valence-corrected chi connectivity index (χ4v) is 1.64. The Morgan fingerprint density at radius 2 is 2.00 bits per heavy atom. The molecule has 0 N–H and O–H groups in total. The van der Waals surface area contributed by atoms with Crippen LogP contribution in [-0.4, -0.2) is 23.8 Å². The average molecular weight is 213 g/mol. The Bertz CT molecular complexity index is 429. The number of carbonyl (C=O) groups is 1. The number of nitrogens with zero attached hydrogens (tertiary/aromatic N) is 1. The maximum atomic E-state index is 11.9. The van der Waals surface area contributed by atoms with Crippen LogP contribution in [0.2, 0.25) is 0 Å². The molecule has 0 saturated heterocycles. The van der Waals surface area contributed by atoms with Gasteiger partial charge in [-0.2, -0.15) is 0 Å². The molecule has 2 nitrogen and oxygen atoms in total. The molecule has 16 heavy (non-hydrogen) atoms. The van der Waals surface area contributed by atoms with Crippen molar-refractivity contribution in [1.29, 1.82) is 0 Å². The topological polar surface area (TPSA) is 20.3 Å². The van der Waals surface area contributed by atoms with Crippen LogP contribution >= 0.6 is 0 Å². The summed E-state index contributed by atoms with van der Waals surface area (Å²) in [6.45, 7) is 3.28. The van der Waals surface area contributed by atoms with Gasteiger partial charge in [0.2, 0.25) is 0 Å². The van der Waals surface area contributed by atoms with Crippen LogP contribution in [0.5, 0.6) is 0 Å². The van der Waals surface area contributed by atoms with E-state index in [9.17, 15) is 4.79 Å². The zero-order valence-corrected chi connectivity index (χ0v) is 9.39. The molecular formula is C14H15NO. The Balaban J connectivity index is 2.00. The van der Waals surface area contributed by atoms with Crippen molar-refractivity contribution >= 4 is 5.78 Å². The van der Waals surface area contributed by atoms with Gasteiger partial charge < -0.3 is 4.90 Å². The molecule has 0 amide bonds. The molecular weight excluding hydrogens is 198 g/mol. The molecule has 1 aromatic carbocycles. The third-order valence-corrected chi connectivity index (χ3v) is 2.60.